The molecule has 0 aliphatic carbocycles. The van der Waals surface area contributed by atoms with Crippen LogP contribution in [0.1, 0.15) is 31.2 Å². The van der Waals surface area contributed by atoms with Gasteiger partial charge < -0.3 is 18.6 Å². The van der Waals surface area contributed by atoms with Gasteiger partial charge in [-0.05, 0) is 17.0 Å². The van der Waals surface area contributed by atoms with Crippen molar-refractivity contribution in [1.82, 2.24) is 4.40 Å². The van der Waals surface area contributed by atoms with Crippen LogP contribution in [0, 0.1) is 0 Å². The summed E-state index contributed by atoms with van der Waals surface area (Å²) in [5.74, 6) is -2.38. The fourth-order valence-corrected chi connectivity index (χ4v) is 3.83. The molecule has 0 aliphatic rings. The zero-order valence-corrected chi connectivity index (χ0v) is 17.2. The zero-order chi connectivity index (χ0) is 22.1. The van der Waals surface area contributed by atoms with E-state index in [0.717, 1.165) is 10.9 Å². The average molecular weight is 417 g/mol. The number of rotatable bonds is 4. The Labute approximate surface area is 177 Å². The molecule has 4 rings (SSSR count). The predicted octanol–water partition coefficient (Wildman–Crippen LogP) is 4.12. The van der Waals surface area contributed by atoms with Gasteiger partial charge in [-0.1, -0.05) is 54.6 Å². The van der Waals surface area contributed by atoms with Crippen LogP contribution in [-0.2, 0) is 14.2 Å². The fraction of sp³-hybridized carbons (Fsp3) is 0.125. The van der Waals surface area contributed by atoms with Crippen LogP contribution in [0.15, 0.2) is 60.7 Å². The fourth-order valence-electron chi connectivity index (χ4n) is 3.83. The van der Waals surface area contributed by atoms with Gasteiger partial charge in [0.1, 0.15) is 16.8 Å². The van der Waals surface area contributed by atoms with Gasteiger partial charge >= 0.3 is 17.9 Å². The van der Waals surface area contributed by atoms with Gasteiger partial charge in [0.25, 0.3) is 0 Å². The van der Waals surface area contributed by atoms with Crippen LogP contribution in [0.25, 0.3) is 27.5 Å². The Hall–Kier alpha value is -4.13. The van der Waals surface area contributed by atoms with Crippen molar-refractivity contribution in [2.45, 2.75) is 0 Å². The summed E-state index contributed by atoms with van der Waals surface area (Å²) in [5, 5.41) is 1.49. The Morgan fingerprint density at radius 2 is 1.29 bits per heavy atom. The first-order chi connectivity index (χ1) is 15.0. The lowest BCUT2D eigenvalue weighted by Gasteiger charge is -2.13. The van der Waals surface area contributed by atoms with E-state index in [2.05, 4.69) is 0 Å². The number of ether oxygens (including phenoxy) is 3. The summed E-state index contributed by atoms with van der Waals surface area (Å²) < 4.78 is 16.5. The summed E-state index contributed by atoms with van der Waals surface area (Å²) in [6.07, 6.45) is 0. The molecule has 0 fully saturated rings. The standard InChI is InChI=1S/C24H19NO6/c1-29-22(26)18-19(23(27)30-2)21(24(28)31-3)25-17(14-9-5-4-6-10-14)13-15-11-7-8-12-16(15)20(18)25/h4-13H,1-3H3. The Morgan fingerprint density at radius 3 is 1.94 bits per heavy atom. The maximum atomic E-state index is 12.9. The molecule has 0 N–H and O–H groups in total. The normalized spacial score (nSPS) is 10.8. The molecule has 7 heteroatoms. The molecule has 0 bridgehead atoms. The Balaban J connectivity index is 2.35. The maximum Gasteiger partial charge on any atom is 0.355 e. The van der Waals surface area contributed by atoms with Crippen molar-refractivity contribution in [2.24, 2.45) is 0 Å². The highest BCUT2D eigenvalue weighted by atomic mass is 16.5. The lowest BCUT2D eigenvalue weighted by atomic mass is 10.0. The second kappa shape index (κ2) is 7.95. The number of carbonyl (C=O) groups is 3. The number of hydrogen-bond donors (Lipinski definition) is 0. The first-order valence-corrected chi connectivity index (χ1v) is 9.44. The van der Waals surface area contributed by atoms with Gasteiger partial charge in [-0.15, -0.1) is 0 Å². The zero-order valence-electron chi connectivity index (χ0n) is 17.2. The van der Waals surface area contributed by atoms with Crippen molar-refractivity contribution in [1.29, 1.82) is 0 Å². The van der Waals surface area contributed by atoms with Crippen molar-refractivity contribution in [2.75, 3.05) is 21.3 Å². The van der Waals surface area contributed by atoms with Gasteiger partial charge in [0.05, 0.1) is 32.5 Å². The van der Waals surface area contributed by atoms with Gasteiger partial charge in [0.15, 0.2) is 0 Å². The SMILES string of the molecule is COC(=O)c1c(C(=O)OC)c2c3ccccc3cc(-c3ccccc3)n2c1C(=O)OC. The molecule has 2 aromatic carbocycles. The van der Waals surface area contributed by atoms with E-state index in [1.807, 2.05) is 60.7 Å². The van der Waals surface area contributed by atoms with Crippen LogP contribution in [0.5, 0.6) is 0 Å². The molecule has 2 aromatic heterocycles. The van der Waals surface area contributed by atoms with Crippen LogP contribution < -0.4 is 0 Å². The Kier molecular flexibility index (Phi) is 5.17. The summed E-state index contributed by atoms with van der Waals surface area (Å²) in [7, 11) is 3.61. The first kappa shape index (κ1) is 20.2. The van der Waals surface area contributed by atoms with E-state index in [9.17, 15) is 14.4 Å². The van der Waals surface area contributed by atoms with Gasteiger partial charge in [-0.3, -0.25) is 0 Å². The number of aromatic nitrogens is 1. The van der Waals surface area contributed by atoms with E-state index in [-0.39, 0.29) is 16.8 Å². The number of nitrogens with zero attached hydrogens (tertiary/aromatic N) is 1. The van der Waals surface area contributed by atoms with Crippen LogP contribution in [0.3, 0.4) is 0 Å². The molecule has 0 atom stereocenters. The van der Waals surface area contributed by atoms with E-state index in [1.54, 1.807) is 4.40 Å². The Morgan fingerprint density at radius 1 is 0.710 bits per heavy atom. The van der Waals surface area contributed by atoms with Crippen molar-refractivity contribution in [3.05, 3.63) is 77.5 Å². The largest absolute Gasteiger partial charge is 0.465 e. The lowest BCUT2D eigenvalue weighted by Crippen LogP contribution is -2.15. The highest BCUT2D eigenvalue weighted by Gasteiger charge is 2.35. The molecule has 31 heavy (non-hydrogen) atoms. The number of benzene rings is 2. The molecule has 0 radical (unpaired) electrons. The van der Waals surface area contributed by atoms with Gasteiger partial charge in [-0.2, -0.15) is 0 Å². The molecule has 0 spiro atoms. The molecule has 156 valence electrons. The molecule has 7 nitrogen and oxygen atoms in total. The number of fused-ring (bicyclic) bond motifs is 3. The van der Waals surface area contributed by atoms with Crippen LogP contribution in [-0.4, -0.2) is 43.6 Å². The van der Waals surface area contributed by atoms with E-state index < -0.39 is 17.9 Å². The molecule has 0 saturated carbocycles. The lowest BCUT2D eigenvalue weighted by molar-refractivity contribution is 0.0536. The molecule has 0 unspecified atom stereocenters. The van der Waals surface area contributed by atoms with Gasteiger partial charge in [-0.25, -0.2) is 14.4 Å². The highest BCUT2D eigenvalue weighted by molar-refractivity contribution is 6.19. The second-order valence-corrected chi connectivity index (χ2v) is 6.74. The third-order valence-electron chi connectivity index (χ3n) is 5.15. The molecule has 0 saturated heterocycles. The first-order valence-electron chi connectivity index (χ1n) is 9.44. The monoisotopic (exact) mass is 417 g/mol. The van der Waals surface area contributed by atoms with Crippen molar-refractivity contribution in [3.63, 3.8) is 0 Å². The number of hydrogen-bond acceptors (Lipinski definition) is 6. The third-order valence-corrected chi connectivity index (χ3v) is 5.15. The summed E-state index contributed by atoms with van der Waals surface area (Å²) in [5.41, 5.74) is 1.40. The summed E-state index contributed by atoms with van der Waals surface area (Å²) in [4.78, 5) is 38.6. The number of esters is 3. The summed E-state index contributed by atoms with van der Waals surface area (Å²) >= 11 is 0. The molecular weight excluding hydrogens is 398 g/mol. The highest BCUT2D eigenvalue weighted by Crippen LogP contribution is 2.36. The topological polar surface area (TPSA) is 83.3 Å². The predicted molar refractivity (Wildman–Crippen MR) is 114 cm³/mol. The van der Waals surface area contributed by atoms with E-state index >= 15 is 0 Å². The molecule has 4 aromatic rings. The maximum absolute atomic E-state index is 12.9. The number of methoxy groups -OCH3 is 3. The molecule has 2 heterocycles. The minimum Gasteiger partial charge on any atom is -0.465 e. The Bertz CT molecular complexity index is 1340. The number of carbonyl (C=O) groups excluding carboxylic acids is 3. The second-order valence-electron chi connectivity index (χ2n) is 6.74. The minimum absolute atomic E-state index is 0.0521. The third kappa shape index (κ3) is 3.11. The van der Waals surface area contributed by atoms with E-state index in [4.69, 9.17) is 14.2 Å². The smallest absolute Gasteiger partial charge is 0.355 e. The molecule has 0 aliphatic heterocycles. The van der Waals surface area contributed by atoms with Crippen LogP contribution in [0.4, 0.5) is 0 Å². The van der Waals surface area contributed by atoms with Gasteiger partial charge in [0.2, 0.25) is 0 Å². The summed E-state index contributed by atoms with van der Waals surface area (Å²) in [6, 6.07) is 18.6. The summed E-state index contributed by atoms with van der Waals surface area (Å²) in [6.45, 7) is 0. The van der Waals surface area contributed by atoms with E-state index in [1.165, 1.54) is 21.3 Å². The molecular formula is C24H19NO6. The quantitative estimate of drug-likeness (QED) is 0.367. The minimum atomic E-state index is -0.840. The van der Waals surface area contributed by atoms with E-state index in [0.29, 0.717) is 16.6 Å². The number of pyridine rings is 1. The van der Waals surface area contributed by atoms with Gasteiger partial charge in [0, 0.05) is 5.39 Å². The van der Waals surface area contributed by atoms with Crippen LogP contribution >= 0.6 is 0 Å². The molecule has 0 amide bonds. The van der Waals surface area contributed by atoms with Crippen molar-refractivity contribution >= 4 is 34.2 Å². The van der Waals surface area contributed by atoms with Crippen molar-refractivity contribution < 1.29 is 28.6 Å². The average Bonchev–Trinajstić information content (AvgIpc) is 3.19. The van der Waals surface area contributed by atoms with Crippen molar-refractivity contribution in [3.8, 4) is 11.3 Å². The van der Waals surface area contributed by atoms with Crippen LogP contribution in [0.2, 0.25) is 0 Å².